The van der Waals surface area contributed by atoms with E-state index in [0.717, 1.165) is 39.0 Å². The predicted octanol–water partition coefficient (Wildman–Crippen LogP) is 1.18. The molecule has 2 rings (SSSR count). The first kappa shape index (κ1) is 9.00. The minimum atomic E-state index is 0.0465. The van der Waals surface area contributed by atoms with Gasteiger partial charge in [0.05, 0.1) is 5.60 Å². The van der Waals surface area contributed by atoms with Gasteiger partial charge in [0.15, 0.2) is 0 Å². The van der Waals surface area contributed by atoms with E-state index in [0.29, 0.717) is 6.42 Å². The zero-order valence-corrected chi connectivity index (χ0v) is 8.21. The molecule has 0 bridgehead atoms. The summed E-state index contributed by atoms with van der Waals surface area (Å²) >= 11 is 0. The fourth-order valence-electron chi connectivity index (χ4n) is 2.36. The molecule has 2 aliphatic rings. The molecule has 74 valence electrons. The number of nitrogens with zero attached hydrogens (tertiary/aromatic N) is 1. The van der Waals surface area contributed by atoms with Crippen molar-refractivity contribution in [3.63, 3.8) is 0 Å². The highest BCUT2D eigenvalue weighted by atomic mass is 16.5. The number of carbonyl (C=O) groups is 1. The lowest BCUT2D eigenvalue weighted by atomic mass is 10.00. The van der Waals surface area contributed by atoms with E-state index in [2.05, 4.69) is 0 Å². The van der Waals surface area contributed by atoms with Crippen LogP contribution in [0.2, 0.25) is 0 Å². The van der Waals surface area contributed by atoms with Gasteiger partial charge < -0.3 is 9.64 Å². The molecule has 13 heavy (non-hydrogen) atoms. The van der Waals surface area contributed by atoms with Crippen LogP contribution in [-0.4, -0.2) is 36.1 Å². The molecule has 0 saturated carbocycles. The molecule has 0 aromatic carbocycles. The predicted molar refractivity (Wildman–Crippen MR) is 49.4 cm³/mol. The lowest BCUT2D eigenvalue weighted by molar-refractivity contribution is -0.130. The van der Waals surface area contributed by atoms with E-state index in [9.17, 15) is 4.79 Å². The molecule has 1 unspecified atom stereocenters. The van der Waals surface area contributed by atoms with E-state index in [1.54, 1.807) is 0 Å². The highest BCUT2D eigenvalue weighted by Crippen LogP contribution is 2.34. The van der Waals surface area contributed by atoms with E-state index in [1.165, 1.54) is 0 Å². The summed E-state index contributed by atoms with van der Waals surface area (Å²) in [6, 6.07) is 0. The maximum atomic E-state index is 11.4. The Hall–Kier alpha value is -0.570. The third kappa shape index (κ3) is 1.57. The second-order valence-corrected chi connectivity index (χ2v) is 4.05. The minimum Gasteiger partial charge on any atom is -0.373 e. The van der Waals surface area contributed by atoms with Crippen molar-refractivity contribution in [3.05, 3.63) is 0 Å². The van der Waals surface area contributed by atoms with E-state index < -0.39 is 0 Å². The Labute approximate surface area is 79.0 Å². The highest BCUT2D eigenvalue weighted by molar-refractivity contribution is 5.76. The Morgan fingerprint density at radius 1 is 1.54 bits per heavy atom. The molecule has 3 heteroatoms. The number of amides is 1. The second kappa shape index (κ2) is 3.29. The van der Waals surface area contributed by atoms with Crippen LogP contribution in [0.4, 0.5) is 0 Å². The molecule has 0 N–H and O–H groups in total. The zero-order chi connectivity index (χ0) is 9.31. The second-order valence-electron chi connectivity index (χ2n) is 4.05. The first-order chi connectivity index (χ1) is 6.26. The van der Waals surface area contributed by atoms with Gasteiger partial charge in [-0.1, -0.05) is 6.92 Å². The molecular weight excluding hydrogens is 166 g/mol. The smallest absolute Gasteiger partial charge is 0.222 e. The van der Waals surface area contributed by atoms with Crippen LogP contribution in [0.25, 0.3) is 0 Å². The van der Waals surface area contributed by atoms with Crippen molar-refractivity contribution in [2.24, 2.45) is 0 Å². The largest absolute Gasteiger partial charge is 0.373 e. The van der Waals surface area contributed by atoms with Crippen LogP contribution in [0.1, 0.15) is 32.6 Å². The fraction of sp³-hybridized carbons (Fsp3) is 0.900. The van der Waals surface area contributed by atoms with Gasteiger partial charge in [-0.05, 0) is 19.3 Å². The summed E-state index contributed by atoms with van der Waals surface area (Å²) in [7, 11) is 0. The van der Waals surface area contributed by atoms with Crippen molar-refractivity contribution >= 4 is 5.91 Å². The molecule has 2 aliphatic heterocycles. The number of ether oxygens (including phenoxy) is 1. The molecular formula is C10H17NO2. The summed E-state index contributed by atoms with van der Waals surface area (Å²) in [5.74, 6) is 0.271. The Morgan fingerprint density at radius 3 is 3.00 bits per heavy atom. The van der Waals surface area contributed by atoms with E-state index in [4.69, 9.17) is 4.74 Å². The lowest BCUT2D eigenvalue weighted by Crippen LogP contribution is -2.35. The van der Waals surface area contributed by atoms with Crippen LogP contribution in [0.5, 0.6) is 0 Å². The Bertz CT molecular complexity index is 209. The van der Waals surface area contributed by atoms with Gasteiger partial charge >= 0.3 is 0 Å². The maximum Gasteiger partial charge on any atom is 0.222 e. The number of hydrogen-bond donors (Lipinski definition) is 0. The molecule has 0 aromatic rings. The minimum absolute atomic E-state index is 0.0465. The van der Waals surface area contributed by atoms with Crippen LogP contribution in [0, 0.1) is 0 Å². The van der Waals surface area contributed by atoms with Crippen molar-refractivity contribution in [2.75, 3.05) is 19.7 Å². The number of carbonyl (C=O) groups excluding carboxylic acids is 1. The Morgan fingerprint density at radius 2 is 2.38 bits per heavy atom. The maximum absolute atomic E-state index is 11.4. The molecule has 1 spiro atoms. The van der Waals surface area contributed by atoms with Crippen LogP contribution < -0.4 is 0 Å². The average Bonchev–Trinajstić information content (AvgIpc) is 2.76. The van der Waals surface area contributed by atoms with Gasteiger partial charge in [0.1, 0.15) is 0 Å². The van der Waals surface area contributed by atoms with Crippen LogP contribution in [0.15, 0.2) is 0 Å². The van der Waals surface area contributed by atoms with Crippen LogP contribution >= 0.6 is 0 Å². The van der Waals surface area contributed by atoms with Gasteiger partial charge in [0, 0.05) is 26.1 Å². The van der Waals surface area contributed by atoms with Gasteiger partial charge in [-0.25, -0.2) is 0 Å². The quantitative estimate of drug-likeness (QED) is 0.611. The molecule has 0 aliphatic carbocycles. The van der Waals surface area contributed by atoms with Crippen molar-refractivity contribution < 1.29 is 9.53 Å². The van der Waals surface area contributed by atoms with Crippen molar-refractivity contribution in [1.82, 2.24) is 4.90 Å². The standard InChI is InChI=1S/C10H17NO2/c1-2-9(12)11-6-5-10(8-11)4-3-7-13-10/h2-8H2,1H3. The third-order valence-electron chi connectivity index (χ3n) is 3.16. The summed E-state index contributed by atoms with van der Waals surface area (Å²) in [5, 5.41) is 0. The fourth-order valence-corrected chi connectivity index (χ4v) is 2.36. The summed E-state index contributed by atoms with van der Waals surface area (Å²) in [6.07, 6.45) is 3.96. The third-order valence-corrected chi connectivity index (χ3v) is 3.16. The van der Waals surface area contributed by atoms with Gasteiger partial charge in [-0.3, -0.25) is 4.79 Å². The summed E-state index contributed by atoms with van der Waals surface area (Å²) < 4.78 is 5.73. The zero-order valence-electron chi connectivity index (χ0n) is 8.21. The van der Waals surface area contributed by atoms with Gasteiger partial charge in [-0.15, -0.1) is 0 Å². The van der Waals surface area contributed by atoms with Crippen molar-refractivity contribution in [3.8, 4) is 0 Å². The molecule has 2 heterocycles. The van der Waals surface area contributed by atoms with Gasteiger partial charge in [0.2, 0.25) is 5.91 Å². The number of hydrogen-bond acceptors (Lipinski definition) is 2. The van der Waals surface area contributed by atoms with Crippen molar-refractivity contribution in [2.45, 2.75) is 38.2 Å². The van der Waals surface area contributed by atoms with Crippen molar-refractivity contribution in [1.29, 1.82) is 0 Å². The Kier molecular flexibility index (Phi) is 2.28. The van der Waals surface area contributed by atoms with E-state index in [-0.39, 0.29) is 11.5 Å². The molecule has 3 nitrogen and oxygen atoms in total. The summed E-state index contributed by atoms with van der Waals surface area (Å²) in [4.78, 5) is 13.4. The van der Waals surface area contributed by atoms with Crippen LogP contribution in [-0.2, 0) is 9.53 Å². The van der Waals surface area contributed by atoms with Gasteiger partial charge in [-0.2, -0.15) is 0 Å². The number of rotatable bonds is 1. The monoisotopic (exact) mass is 183 g/mol. The molecule has 0 radical (unpaired) electrons. The van der Waals surface area contributed by atoms with Gasteiger partial charge in [0.25, 0.3) is 0 Å². The topological polar surface area (TPSA) is 29.5 Å². The lowest BCUT2D eigenvalue weighted by Gasteiger charge is -2.22. The molecule has 0 aromatic heterocycles. The number of likely N-dealkylation sites (tertiary alicyclic amines) is 1. The molecule has 1 amide bonds. The Balaban J connectivity index is 1.96. The van der Waals surface area contributed by atoms with Crippen LogP contribution in [0.3, 0.4) is 0 Å². The highest BCUT2D eigenvalue weighted by Gasteiger charge is 2.42. The molecule has 1 atom stereocenters. The normalized spacial score (nSPS) is 33.2. The molecule has 2 fully saturated rings. The van der Waals surface area contributed by atoms with E-state index in [1.807, 2.05) is 11.8 Å². The molecule has 2 saturated heterocycles. The summed E-state index contributed by atoms with van der Waals surface area (Å²) in [6.45, 7) is 4.53. The average molecular weight is 183 g/mol. The van der Waals surface area contributed by atoms with E-state index >= 15 is 0 Å². The summed E-state index contributed by atoms with van der Waals surface area (Å²) in [5.41, 5.74) is 0.0465. The SMILES string of the molecule is CCC(=O)N1CCC2(CCCO2)C1. The first-order valence-corrected chi connectivity index (χ1v) is 5.17. The first-order valence-electron chi connectivity index (χ1n) is 5.17.